The maximum Gasteiger partial charge on any atom is 0.101 e. The van der Waals surface area contributed by atoms with Crippen LogP contribution in [-0.2, 0) is 4.74 Å². The van der Waals surface area contributed by atoms with Crippen molar-refractivity contribution in [2.75, 3.05) is 13.2 Å². The van der Waals surface area contributed by atoms with Crippen LogP contribution in [0.5, 0.6) is 0 Å². The molecule has 1 heterocycles. The number of hydrogen-bond donors (Lipinski definition) is 1. The van der Waals surface area contributed by atoms with Gasteiger partial charge >= 0.3 is 0 Å². The first-order valence-corrected chi connectivity index (χ1v) is 5.13. The van der Waals surface area contributed by atoms with E-state index in [9.17, 15) is 0 Å². The van der Waals surface area contributed by atoms with Gasteiger partial charge < -0.3 is 4.74 Å². The van der Waals surface area contributed by atoms with Gasteiger partial charge in [-0.05, 0) is 25.7 Å². The van der Waals surface area contributed by atoms with Gasteiger partial charge in [-0.1, -0.05) is 0 Å². The molecule has 0 spiro atoms. The number of nitrogens with one attached hydrogen (secondary N) is 1. The highest BCUT2D eigenvalue weighted by Crippen LogP contribution is 2.23. The van der Waals surface area contributed by atoms with Crippen molar-refractivity contribution in [2.45, 2.75) is 37.8 Å². The SMILES string of the molecule is N#CC(NC1CC1)C1CCCOC1. The second-order valence-corrected chi connectivity index (χ2v) is 4.02. The van der Waals surface area contributed by atoms with E-state index >= 15 is 0 Å². The van der Waals surface area contributed by atoms with Crippen molar-refractivity contribution in [3.8, 4) is 6.07 Å². The number of nitriles is 1. The zero-order chi connectivity index (χ0) is 9.10. The molecule has 1 aliphatic heterocycles. The molecule has 2 fully saturated rings. The second kappa shape index (κ2) is 4.08. The number of hydrogen-bond acceptors (Lipinski definition) is 3. The first kappa shape index (κ1) is 8.98. The summed E-state index contributed by atoms with van der Waals surface area (Å²) in [6, 6.07) is 2.99. The first-order valence-electron chi connectivity index (χ1n) is 5.13. The van der Waals surface area contributed by atoms with Crippen molar-refractivity contribution in [1.29, 1.82) is 5.26 Å². The molecule has 0 bridgehead atoms. The molecule has 0 aromatic rings. The van der Waals surface area contributed by atoms with E-state index in [0.717, 1.165) is 26.1 Å². The topological polar surface area (TPSA) is 45.0 Å². The minimum atomic E-state index is 0.0211. The molecule has 0 amide bonds. The van der Waals surface area contributed by atoms with Gasteiger partial charge in [0.2, 0.25) is 0 Å². The van der Waals surface area contributed by atoms with E-state index in [1.165, 1.54) is 12.8 Å². The van der Waals surface area contributed by atoms with Gasteiger partial charge in [0.15, 0.2) is 0 Å². The van der Waals surface area contributed by atoms with Crippen LogP contribution in [-0.4, -0.2) is 25.3 Å². The second-order valence-electron chi connectivity index (χ2n) is 4.02. The third kappa shape index (κ3) is 2.43. The van der Waals surface area contributed by atoms with Crippen LogP contribution in [0.25, 0.3) is 0 Å². The molecule has 0 radical (unpaired) electrons. The molecule has 2 aliphatic rings. The van der Waals surface area contributed by atoms with Crippen LogP contribution in [0.4, 0.5) is 0 Å². The Bertz CT molecular complexity index is 201. The summed E-state index contributed by atoms with van der Waals surface area (Å²) < 4.78 is 5.38. The van der Waals surface area contributed by atoms with E-state index in [4.69, 9.17) is 10.00 Å². The fourth-order valence-electron chi connectivity index (χ4n) is 1.81. The third-order valence-electron chi connectivity index (χ3n) is 2.80. The quantitative estimate of drug-likeness (QED) is 0.706. The Labute approximate surface area is 79.1 Å². The fourth-order valence-corrected chi connectivity index (χ4v) is 1.81. The monoisotopic (exact) mass is 180 g/mol. The van der Waals surface area contributed by atoms with Crippen LogP contribution < -0.4 is 5.32 Å². The Balaban J connectivity index is 1.82. The van der Waals surface area contributed by atoms with Crippen molar-refractivity contribution in [3.05, 3.63) is 0 Å². The Kier molecular flexibility index (Phi) is 2.82. The molecular weight excluding hydrogens is 164 g/mol. The van der Waals surface area contributed by atoms with E-state index in [1.54, 1.807) is 0 Å². The highest BCUT2D eigenvalue weighted by atomic mass is 16.5. The van der Waals surface area contributed by atoms with Crippen molar-refractivity contribution >= 4 is 0 Å². The molecule has 2 rings (SSSR count). The van der Waals surface area contributed by atoms with Gasteiger partial charge in [0.1, 0.15) is 6.04 Å². The predicted octanol–water partition coefficient (Wildman–Crippen LogP) is 1.06. The van der Waals surface area contributed by atoms with Gasteiger partial charge in [-0.2, -0.15) is 5.26 Å². The smallest absolute Gasteiger partial charge is 0.101 e. The summed E-state index contributed by atoms with van der Waals surface area (Å²) in [6.45, 7) is 1.63. The van der Waals surface area contributed by atoms with Crippen molar-refractivity contribution < 1.29 is 4.74 Å². The Morgan fingerprint density at radius 2 is 2.23 bits per heavy atom. The molecule has 1 saturated carbocycles. The molecule has 3 nitrogen and oxygen atoms in total. The molecule has 1 aliphatic carbocycles. The van der Waals surface area contributed by atoms with Crippen LogP contribution in [0.2, 0.25) is 0 Å². The molecule has 1 N–H and O–H groups in total. The Morgan fingerprint density at radius 3 is 2.77 bits per heavy atom. The average molecular weight is 180 g/mol. The van der Waals surface area contributed by atoms with Gasteiger partial charge in [0, 0.05) is 18.6 Å². The molecule has 2 unspecified atom stereocenters. The summed E-state index contributed by atoms with van der Waals surface area (Å²) >= 11 is 0. The number of nitrogens with zero attached hydrogens (tertiary/aromatic N) is 1. The minimum Gasteiger partial charge on any atom is -0.381 e. The number of ether oxygens (including phenoxy) is 1. The number of rotatable bonds is 3. The zero-order valence-electron chi connectivity index (χ0n) is 7.83. The van der Waals surface area contributed by atoms with Crippen LogP contribution >= 0.6 is 0 Å². The summed E-state index contributed by atoms with van der Waals surface area (Å²) in [5.74, 6) is 0.416. The van der Waals surface area contributed by atoms with Gasteiger partial charge in [0.05, 0.1) is 12.7 Å². The molecule has 0 aromatic heterocycles. The largest absolute Gasteiger partial charge is 0.381 e. The molecular formula is C10H16N2O. The Morgan fingerprint density at radius 1 is 1.38 bits per heavy atom. The van der Waals surface area contributed by atoms with Crippen LogP contribution in [0, 0.1) is 17.2 Å². The van der Waals surface area contributed by atoms with Crippen LogP contribution in [0.1, 0.15) is 25.7 Å². The lowest BCUT2D eigenvalue weighted by atomic mass is 9.94. The summed E-state index contributed by atoms with van der Waals surface area (Å²) in [4.78, 5) is 0. The van der Waals surface area contributed by atoms with E-state index in [-0.39, 0.29) is 6.04 Å². The van der Waals surface area contributed by atoms with Gasteiger partial charge in [-0.3, -0.25) is 5.32 Å². The molecule has 72 valence electrons. The van der Waals surface area contributed by atoms with Gasteiger partial charge in [-0.15, -0.1) is 0 Å². The summed E-state index contributed by atoms with van der Waals surface area (Å²) in [5.41, 5.74) is 0. The summed E-state index contributed by atoms with van der Waals surface area (Å²) in [7, 11) is 0. The molecule has 1 saturated heterocycles. The van der Waals surface area contributed by atoms with Gasteiger partial charge in [-0.25, -0.2) is 0 Å². The van der Waals surface area contributed by atoms with E-state index in [0.29, 0.717) is 12.0 Å². The highest BCUT2D eigenvalue weighted by Gasteiger charge is 2.30. The third-order valence-corrected chi connectivity index (χ3v) is 2.80. The highest BCUT2D eigenvalue weighted by molar-refractivity contribution is 4.99. The van der Waals surface area contributed by atoms with Crippen molar-refractivity contribution in [2.24, 2.45) is 5.92 Å². The minimum absolute atomic E-state index is 0.0211. The van der Waals surface area contributed by atoms with Crippen LogP contribution in [0.3, 0.4) is 0 Å². The lowest BCUT2D eigenvalue weighted by Gasteiger charge is -2.26. The standard InChI is InChI=1S/C10H16N2O/c11-6-10(12-9-3-4-9)8-2-1-5-13-7-8/h8-10,12H,1-5,7H2. The normalized spacial score (nSPS) is 30.8. The lowest BCUT2D eigenvalue weighted by molar-refractivity contribution is 0.0465. The first-order chi connectivity index (χ1) is 6.40. The van der Waals surface area contributed by atoms with E-state index < -0.39 is 0 Å². The van der Waals surface area contributed by atoms with Gasteiger partial charge in [0.25, 0.3) is 0 Å². The summed E-state index contributed by atoms with van der Waals surface area (Å²) in [5, 5.41) is 12.4. The van der Waals surface area contributed by atoms with Crippen molar-refractivity contribution in [3.63, 3.8) is 0 Å². The maximum atomic E-state index is 8.99. The van der Waals surface area contributed by atoms with E-state index in [2.05, 4.69) is 11.4 Å². The summed E-state index contributed by atoms with van der Waals surface area (Å²) in [6.07, 6.45) is 4.73. The van der Waals surface area contributed by atoms with Crippen molar-refractivity contribution in [1.82, 2.24) is 5.32 Å². The van der Waals surface area contributed by atoms with E-state index in [1.807, 2.05) is 0 Å². The molecule has 3 heteroatoms. The maximum absolute atomic E-state index is 8.99. The zero-order valence-corrected chi connectivity index (χ0v) is 7.83. The fraction of sp³-hybridized carbons (Fsp3) is 0.900. The molecule has 0 aromatic carbocycles. The predicted molar refractivity (Wildman–Crippen MR) is 49.1 cm³/mol. The Hall–Kier alpha value is -0.590. The lowest BCUT2D eigenvalue weighted by Crippen LogP contribution is -2.40. The molecule has 13 heavy (non-hydrogen) atoms. The average Bonchev–Trinajstić information content (AvgIpc) is 2.99. The molecule has 2 atom stereocenters. The van der Waals surface area contributed by atoms with Crippen LogP contribution in [0.15, 0.2) is 0 Å².